The van der Waals surface area contributed by atoms with Crippen molar-refractivity contribution in [2.24, 2.45) is 5.73 Å². The van der Waals surface area contributed by atoms with Crippen molar-refractivity contribution in [2.45, 2.75) is 12.5 Å². The quantitative estimate of drug-likeness (QED) is 0.651. The second-order valence-corrected chi connectivity index (χ2v) is 5.30. The Kier molecular flexibility index (Phi) is 4.45. The summed E-state index contributed by atoms with van der Waals surface area (Å²) in [5, 5.41) is 0. The smallest absolute Gasteiger partial charge is 0.194 e. The van der Waals surface area contributed by atoms with Gasteiger partial charge in [0.05, 0.1) is 0 Å². The SMILES string of the molecule is NC(Cc1cc(F)cc(Br)c1)c1cc(F)c(F)c(F)c1. The molecule has 106 valence electrons. The van der Waals surface area contributed by atoms with Crippen LogP contribution in [0, 0.1) is 23.3 Å². The molecule has 2 rings (SSSR count). The molecule has 0 aliphatic carbocycles. The Bertz CT molecular complexity index is 602. The van der Waals surface area contributed by atoms with Gasteiger partial charge in [-0.05, 0) is 47.9 Å². The lowest BCUT2D eigenvalue weighted by Crippen LogP contribution is -2.14. The molecule has 1 atom stereocenters. The summed E-state index contributed by atoms with van der Waals surface area (Å²) < 4.78 is 52.9. The molecule has 0 bridgehead atoms. The van der Waals surface area contributed by atoms with E-state index in [1.165, 1.54) is 12.1 Å². The van der Waals surface area contributed by atoms with Crippen LogP contribution in [0.3, 0.4) is 0 Å². The van der Waals surface area contributed by atoms with Gasteiger partial charge in [-0.25, -0.2) is 17.6 Å². The van der Waals surface area contributed by atoms with Crippen LogP contribution in [0.1, 0.15) is 17.2 Å². The van der Waals surface area contributed by atoms with Gasteiger partial charge >= 0.3 is 0 Å². The Balaban J connectivity index is 2.25. The third-order valence-corrected chi connectivity index (χ3v) is 3.27. The predicted molar refractivity (Wildman–Crippen MR) is 71.0 cm³/mol. The van der Waals surface area contributed by atoms with Crippen LogP contribution in [0.25, 0.3) is 0 Å². The maximum atomic E-state index is 13.2. The van der Waals surface area contributed by atoms with E-state index in [2.05, 4.69) is 15.9 Å². The van der Waals surface area contributed by atoms with Crippen molar-refractivity contribution in [3.05, 3.63) is 69.2 Å². The fourth-order valence-corrected chi connectivity index (χ4v) is 2.40. The van der Waals surface area contributed by atoms with E-state index in [1.54, 1.807) is 6.07 Å². The Labute approximate surface area is 121 Å². The highest BCUT2D eigenvalue weighted by Crippen LogP contribution is 2.23. The molecule has 0 spiro atoms. The molecule has 0 saturated heterocycles. The van der Waals surface area contributed by atoms with Crippen molar-refractivity contribution in [3.8, 4) is 0 Å². The van der Waals surface area contributed by atoms with Gasteiger partial charge in [0.1, 0.15) is 5.82 Å². The molecule has 2 N–H and O–H groups in total. The van der Waals surface area contributed by atoms with Crippen molar-refractivity contribution < 1.29 is 17.6 Å². The summed E-state index contributed by atoms with van der Waals surface area (Å²) in [6, 6.07) is 5.13. The number of halogens is 5. The first-order valence-electron chi connectivity index (χ1n) is 5.72. The molecule has 0 aliphatic rings. The van der Waals surface area contributed by atoms with Gasteiger partial charge in [0, 0.05) is 10.5 Å². The fourth-order valence-electron chi connectivity index (χ4n) is 1.89. The van der Waals surface area contributed by atoms with Crippen molar-refractivity contribution in [1.82, 2.24) is 0 Å². The summed E-state index contributed by atoms with van der Waals surface area (Å²) in [5.74, 6) is -4.57. The molecule has 0 aromatic heterocycles. The maximum absolute atomic E-state index is 13.2. The summed E-state index contributed by atoms with van der Waals surface area (Å²) in [5.41, 5.74) is 6.50. The summed E-state index contributed by atoms with van der Waals surface area (Å²) in [6.07, 6.45) is 0.168. The molecule has 20 heavy (non-hydrogen) atoms. The minimum absolute atomic E-state index is 0.113. The summed E-state index contributed by atoms with van der Waals surface area (Å²) in [4.78, 5) is 0. The minimum atomic E-state index is -1.53. The van der Waals surface area contributed by atoms with Gasteiger partial charge in [0.2, 0.25) is 0 Å². The zero-order chi connectivity index (χ0) is 14.9. The molecule has 0 heterocycles. The Morgan fingerprint density at radius 1 is 0.950 bits per heavy atom. The average molecular weight is 348 g/mol. The molecule has 0 saturated carbocycles. The first-order valence-corrected chi connectivity index (χ1v) is 6.51. The lowest BCUT2D eigenvalue weighted by atomic mass is 9.99. The van der Waals surface area contributed by atoms with Gasteiger partial charge in [-0.3, -0.25) is 0 Å². The van der Waals surface area contributed by atoms with E-state index in [1.807, 2.05) is 0 Å². The zero-order valence-corrected chi connectivity index (χ0v) is 11.7. The van der Waals surface area contributed by atoms with Gasteiger partial charge in [-0.2, -0.15) is 0 Å². The second kappa shape index (κ2) is 5.93. The molecule has 0 aliphatic heterocycles. The van der Waals surface area contributed by atoms with E-state index >= 15 is 0 Å². The van der Waals surface area contributed by atoms with E-state index in [9.17, 15) is 17.6 Å². The van der Waals surface area contributed by atoms with Crippen molar-refractivity contribution >= 4 is 15.9 Å². The molecular formula is C14H10BrF4N. The van der Waals surface area contributed by atoms with E-state index in [-0.39, 0.29) is 12.0 Å². The number of hydrogen-bond donors (Lipinski definition) is 1. The van der Waals surface area contributed by atoms with Crippen LogP contribution in [0.5, 0.6) is 0 Å². The van der Waals surface area contributed by atoms with Gasteiger partial charge in [-0.15, -0.1) is 0 Å². The van der Waals surface area contributed by atoms with Gasteiger partial charge in [-0.1, -0.05) is 15.9 Å². The fraction of sp³-hybridized carbons (Fsp3) is 0.143. The van der Waals surface area contributed by atoms with E-state index < -0.39 is 29.3 Å². The van der Waals surface area contributed by atoms with Crippen LogP contribution >= 0.6 is 15.9 Å². The number of nitrogens with two attached hydrogens (primary N) is 1. The number of rotatable bonds is 3. The molecule has 2 aromatic carbocycles. The third kappa shape index (κ3) is 3.37. The second-order valence-electron chi connectivity index (χ2n) is 4.39. The minimum Gasteiger partial charge on any atom is -0.324 e. The first kappa shape index (κ1) is 15.0. The van der Waals surface area contributed by atoms with E-state index in [0.29, 0.717) is 10.0 Å². The van der Waals surface area contributed by atoms with Crippen LogP contribution in [0.15, 0.2) is 34.8 Å². The standard InChI is InChI=1S/C14H10BrF4N/c15-9-1-7(2-10(16)6-9)3-13(20)8-4-11(17)14(19)12(18)5-8/h1-2,4-6,13H,3,20H2. The topological polar surface area (TPSA) is 26.0 Å². The average Bonchev–Trinajstić information content (AvgIpc) is 2.33. The third-order valence-electron chi connectivity index (χ3n) is 2.81. The first-order chi connectivity index (χ1) is 9.36. The summed E-state index contributed by atoms with van der Waals surface area (Å²) in [6.45, 7) is 0. The van der Waals surface area contributed by atoms with Crippen LogP contribution < -0.4 is 5.73 Å². The number of benzene rings is 2. The molecule has 2 aromatic rings. The van der Waals surface area contributed by atoms with E-state index in [4.69, 9.17) is 5.73 Å². The van der Waals surface area contributed by atoms with Crippen molar-refractivity contribution in [3.63, 3.8) is 0 Å². The molecule has 0 amide bonds. The maximum Gasteiger partial charge on any atom is 0.194 e. The van der Waals surface area contributed by atoms with Gasteiger partial charge in [0.25, 0.3) is 0 Å². The molecule has 1 unspecified atom stereocenters. The normalized spacial score (nSPS) is 12.5. The van der Waals surface area contributed by atoms with Crippen LogP contribution in [0.2, 0.25) is 0 Å². The highest BCUT2D eigenvalue weighted by atomic mass is 79.9. The monoisotopic (exact) mass is 347 g/mol. The molecule has 6 heteroatoms. The Hall–Kier alpha value is -1.40. The predicted octanol–water partition coefficient (Wildman–Crippen LogP) is 4.25. The lowest BCUT2D eigenvalue weighted by Gasteiger charge is -2.13. The lowest BCUT2D eigenvalue weighted by molar-refractivity contribution is 0.443. The summed E-state index contributed by atoms with van der Waals surface area (Å²) in [7, 11) is 0. The Morgan fingerprint density at radius 3 is 2.10 bits per heavy atom. The molecule has 0 radical (unpaired) electrons. The summed E-state index contributed by atoms with van der Waals surface area (Å²) >= 11 is 3.14. The van der Waals surface area contributed by atoms with Gasteiger partial charge < -0.3 is 5.73 Å². The zero-order valence-electron chi connectivity index (χ0n) is 10.1. The highest BCUT2D eigenvalue weighted by Gasteiger charge is 2.15. The highest BCUT2D eigenvalue weighted by molar-refractivity contribution is 9.10. The van der Waals surface area contributed by atoms with E-state index in [0.717, 1.165) is 12.1 Å². The molecular weight excluding hydrogens is 338 g/mol. The number of hydrogen-bond acceptors (Lipinski definition) is 1. The largest absolute Gasteiger partial charge is 0.324 e. The Morgan fingerprint density at radius 2 is 1.55 bits per heavy atom. The molecule has 1 nitrogen and oxygen atoms in total. The van der Waals surface area contributed by atoms with Crippen LogP contribution in [0.4, 0.5) is 17.6 Å². The van der Waals surface area contributed by atoms with Crippen molar-refractivity contribution in [1.29, 1.82) is 0 Å². The van der Waals surface area contributed by atoms with Crippen LogP contribution in [-0.2, 0) is 6.42 Å². The van der Waals surface area contributed by atoms with Crippen LogP contribution in [-0.4, -0.2) is 0 Å². The van der Waals surface area contributed by atoms with Gasteiger partial charge in [0.15, 0.2) is 17.5 Å². The van der Waals surface area contributed by atoms with Crippen molar-refractivity contribution in [2.75, 3.05) is 0 Å². The molecule has 0 fully saturated rings.